The molecule has 0 aliphatic carbocycles. The van der Waals surface area contributed by atoms with E-state index >= 15 is 0 Å². The number of benzene rings is 1. The number of aromatic amines is 1. The summed E-state index contributed by atoms with van der Waals surface area (Å²) in [5.74, 6) is -1.83. The van der Waals surface area contributed by atoms with Crippen LogP contribution in [0.25, 0.3) is 0 Å². The topological polar surface area (TPSA) is 69.3 Å². The Morgan fingerprint density at radius 1 is 1.24 bits per heavy atom. The molecule has 1 atom stereocenters. The minimum atomic E-state index is -0.838. The largest absolute Gasteiger partial charge is 0.348 e. The molecular weight excluding hydrogens is 378 g/mol. The fourth-order valence-corrected chi connectivity index (χ4v) is 4.53. The third-order valence-electron chi connectivity index (χ3n) is 6.06. The van der Waals surface area contributed by atoms with E-state index in [1.807, 2.05) is 4.90 Å². The van der Waals surface area contributed by atoms with Crippen LogP contribution in [-0.4, -0.2) is 57.8 Å². The lowest BCUT2D eigenvalue weighted by Crippen LogP contribution is -2.55. The quantitative estimate of drug-likeness (QED) is 0.855. The van der Waals surface area contributed by atoms with E-state index in [-0.39, 0.29) is 16.9 Å². The van der Waals surface area contributed by atoms with Gasteiger partial charge in [-0.3, -0.25) is 9.59 Å². The van der Waals surface area contributed by atoms with Crippen molar-refractivity contribution in [3.8, 4) is 0 Å². The second-order valence-electron chi connectivity index (χ2n) is 8.10. The van der Waals surface area contributed by atoms with Gasteiger partial charge in [-0.1, -0.05) is 0 Å². The van der Waals surface area contributed by atoms with E-state index in [9.17, 15) is 18.4 Å². The summed E-state index contributed by atoms with van der Waals surface area (Å²) < 4.78 is 27.3. The van der Waals surface area contributed by atoms with Gasteiger partial charge in [-0.2, -0.15) is 0 Å². The molecule has 2 saturated heterocycles. The van der Waals surface area contributed by atoms with Crippen LogP contribution in [-0.2, 0) is 11.2 Å². The molecule has 1 aromatic carbocycles. The van der Waals surface area contributed by atoms with Crippen molar-refractivity contribution >= 4 is 11.8 Å². The van der Waals surface area contributed by atoms with Gasteiger partial charge in [-0.25, -0.2) is 13.8 Å². The SMILES string of the molecule is O=C1CCC2(CCCN(C(=O)c3ccc(F)cc3F)C2)CN1CCc1cnc[nH]1. The minimum absolute atomic E-state index is 0.105. The first-order valence-electron chi connectivity index (χ1n) is 9.95. The van der Waals surface area contributed by atoms with Crippen LogP contribution in [0.5, 0.6) is 0 Å². The zero-order valence-corrected chi connectivity index (χ0v) is 16.2. The van der Waals surface area contributed by atoms with Crippen LogP contribution >= 0.6 is 0 Å². The Balaban J connectivity index is 1.45. The molecule has 1 N–H and O–H groups in total. The number of carbonyl (C=O) groups is 2. The van der Waals surface area contributed by atoms with Crippen molar-refractivity contribution in [3.05, 3.63) is 53.6 Å². The van der Waals surface area contributed by atoms with Gasteiger partial charge in [0, 0.05) is 62.4 Å². The van der Waals surface area contributed by atoms with Crippen LogP contribution in [0.2, 0.25) is 0 Å². The standard InChI is InChI=1S/C21H24F2N4O2/c22-15-2-3-17(18(23)10-15)20(29)27-8-1-6-21(13-27)7-4-19(28)26(12-21)9-5-16-11-24-14-25-16/h2-3,10-11,14H,1,4-9,12-13H2,(H,24,25). The van der Waals surface area contributed by atoms with E-state index in [1.54, 1.807) is 17.4 Å². The lowest BCUT2D eigenvalue weighted by atomic mass is 9.73. The highest BCUT2D eigenvalue weighted by atomic mass is 19.1. The first kappa shape index (κ1) is 19.5. The zero-order valence-electron chi connectivity index (χ0n) is 16.2. The molecule has 2 aromatic rings. The Kier molecular flexibility index (Phi) is 5.34. The maximum atomic E-state index is 14.1. The van der Waals surface area contributed by atoms with Crippen molar-refractivity contribution in [3.63, 3.8) is 0 Å². The number of amides is 2. The first-order valence-corrected chi connectivity index (χ1v) is 9.95. The molecular formula is C21H24F2N4O2. The number of carbonyl (C=O) groups excluding carboxylic acids is 2. The minimum Gasteiger partial charge on any atom is -0.348 e. The highest BCUT2D eigenvalue weighted by Crippen LogP contribution is 2.39. The van der Waals surface area contributed by atoms with Crippen molar-refractivity contribution in [2.24, 2.45) is 5.41 Å². The summed E-state index contributed by atoms with van der Waals surface area (Å²) in [6.07, 6.45) is 6.98. The third kappa shape index (κ3) is 4.16. The molecule has 2 fully saturated rings. The monoisotopic (exact) mass is 402 g/mol. The van der Waals surface area contributed by atoms with Crippen LogP contribution in [0.3, 0.4) is 0 Å². The van der Waals surface area contributed by atoms with Crippen LogP contribution in [0.15, 0.2) is 30.7 Å². The third-order valence-corrected chi connectivity index (χ3v) is 6.06. The van der Waals surface area contributed by atoms with Crippen molar-refractivity contribution in [2.45, 2.75) is 32.1 Å². The van der Waals surface area contributed by atoms with Crippen LogP contribution in [0.4, 0.5) is 8.78 Å². The van der Waals surface area contributed by atoms with Gasteiger partial charge in [0.05, 0.1) is 11.9 Å². The average molecular weight is 402 g/mol. The van der Waals surface area contributed by atoms with Gasteiger partial charge in [-0.05, 0) is 31.4 Å². The smallest absolute Gasteiger partial charge is 0.256 e. The molecule has 154 valence electrons. The number of hydrogen-bond acceptors (Lipinski definition) is 3. The summed E-state index contributed by atoms with van der Waals surface area (Å²) in [5.41, 5.74) is 0.697. The van der Waals surface area contributed by atoms with Crippen molar-refractivity contribution in [1.82, 2.24) is 19.8 Å². The molecule has 2 aliphatic heterocycles. The molecule has 4 rings (SSSR count). The Hall–Kier alpha value is -2.77. The van der Waals surface area contributed by atoms with E-state index in [2.05, 4.69) is 9.97 Å². The van der Waals surface area contributed by atoms with Crippen molar-refractivity contribution in [1.29, 1.82) is 0 Å². The maximum absolute atomic E-state index is 14.1. The Bertz CT molecular complexity index is 902. The lowest BCUT2D eigenvalue weighted by Gasteiger charge is -2.48. The van der Waals surface area contributed by atoms with Gasteiger partial charge >= 0.3 is 0 Å². The molecule has 3 heterocycles. The average Bonchev–Trinajstić information content (AvgIpc) is 3.22. The predicted octanol–water partition coefficient (Wildman–Crippen LogP) is 2.78. The molecule has 0 saturated carbocycles. The van der Waals surface area contributed by atoms with E-state index in [0.717, 1.165) is 37.1 Å². The molecule has 1 unspecified atom stereocenters. The Morgan fingerprint density at radius 2 is 2.10 bits per heavy atom. The van der Waals surface area contributed by atoms with Crippen LogP contribution in [0.1, 0.15) is 41.7 Å². The van der Waals surface area contributed by atoms with Gasteiger partial charge in [0.25, 0.3) is 5.91 Å². The van der Waals surface area contributed by atoms with E-state index in [4.69, 9.17) is 0 Å². The summed E-state index contributed by atoms with van der Waals surface area (Å²) >= 11 is 0. The summed E-state index contributed by atoms with van der Waals surface area (Å²) in [6.45, 7) is 2.22. The number of hydrogen-bond donors (Lipinski definition) is 1. The molecule has 1 aromatic heterocycles. The molecule has 8 heteroatoms. The normalized spacial score (nSPS) is 22.3. The predicted molar refractivity (Wildman–Crippen MR) is 102 cm³/mol. The van der Waals surface area contributed by atoms with Gasteiger partial charge < -0.3 is 14.8 Å². The number of aromatic nitrogens is 2. The molecule has 0 radical (unpaired) electrons. The molecule has 0 bridgehead atoms. The van der Waals surface area contributed by atoms with E-state index < -0.39 is 17.5 Å². The maximum Gasteiger partial charge on any atom is 0.256 e. The zero-order chi connectivity index (χ0) is 20.4. The second-order valence-corrected chi connectivity index (χ2v) is 8.10. The van der Waals surface area contributed by atoms with Crippen molar-refractivity contribution < 1.29 is 18.4 Å². The first-order chi connectivity index (χ1) is 14.0. The van der Waals surface area contributed by atoms with Crippen LogP contribution in [0, 0.1) is 17.0 Å². The molecule has 2 aliphatic rings. The number of nitrogens with zero attached hydrogens (tertiary/aromatic N) is 3. The Labute approximate surface area is 167 Å². The molecule has 1 spiro atoms. The van der Waals surface area contributed by atoms with Gasteiger partial charge in [0.2, 0.25) is 5.91 Å². The number of nitrogens with one attached hydrogen (secondary N) is 1. The number of halogens is 2. The van der Waals surface area contributed by atoms with Crippen LogP contribution < -0.4 is 0 Å². The van der Waals surface area contributed by atoms with Crippen molar-refractivity contribution in [2.75, 3.05) is 26.2 Å². The summed E-state index contributed by atoms with van der Waals surface area (Å²) in [5, 5.41) is 0. The van der Waals surface area contributed by atoms with E-state index in [0.29, 0.717) is 39.0 Å². The molecule has 2 amide bonds. The van der Waals surface area contributed by atoms with E-state index in [1.165, 1.54) is 6.07 Å². The summed E-state index contributed by atoms with van der Waals surface area (Å²) in [6, 6.07) is 3.05. The summed E-state index contributed by atoms with van der Waals surface area (Å²) in [4.78, 5) is 35.9. The van der Waals surface area contributed by atoms with Gasteiger partial charge in [-0.15, -0.1) is 0 Å². The Morgan fingerprint density at radius 3 is 2.86 bits per heavy atom. The van der Waals surface area contributed by atoms with Gasteiger partial charge in [0.15, 0.2) is 0 Å². The number of rotatable bonds is 4. The lowest BCUT2D eigenvalue weighted by molar-refractivity contribution is -0.138. The molecule has 6 nitrogen and oxygen atoms in total. The number of likely N-dealkylation sites (tertiary alicyclic amines) is 2. The number of H-pyrrole nitrogens is 1. The number of piperidine rings is 2. The summed E-state index contributed by atoms with van der Waals surface area (Å²) in [7, 11) is 0. The fourth-order valence-electron chi connectivity index (χ4n) is 4.53. The number of imidazole rings is 1. The fraction of sp³-hybridized carbons (Fsp3) is 0.476. The molecule has 29 heavy (non-hydrogen) atoms. The second kappa shape index (κ2) is 7.93. The highest BCUT2D eigenvalue weighted by Gasteiger charge is 2.43. The van der Waals surface area contributed by atoms with Gasteiger partial charge in [0.1, 0.15) is 11.6 Å². The highest BCUT2D eigenvalue weighted by molar-refractivity contribution is 5.94.